The van der Waals surface area contributed by atoms with Crippen LogP contribution in [-0.2, 0) is 6.54 Å². The largest absolute Gasteiger partial charge is 0.310 e. The molecule has 0 bridgehead atoms. The van der Waals surface area contributed by atoms with Crippen molar-refractivity contribution in [2.75, 3.05) is 0 Å². The van der Waals surface area contributed by atoms with Gasteiger partial charge in [-0.3, -0.25) is 0 Å². The molecule has 0 spiro atoms. The first-order valence-corrected chi connectivity index (χ1v) is 8.17. The molecular formula is C18H25N3. The van der Waals surface area contributed by atoms with Gasteiger partial charge in [0.1, 0.15) is 0 Å². The van der Waals surface area contributed by atoms with Gasteiger partial charge in [-0.15, -0.1) is 0 Å². The van der Waals surface area contributed by atoms with Crippen LogP contribution in [0.4, 0.5) is 0 Å². The number of nitrogens with one attached hydrogen (secondary N) is 1. The van der Waals surface area contributed by atoms with Crippen LogP contribution in [0, 0.1) is 5.92 Å². The minimum atomic E-state index is 0.706. The molecule has 1 saturated carbocycles. The van der Waals surface area contributed by atoms with E-state index in [2.05, 4.69) is 41.5 Å². The summed E-state index contributed by atoms with van der Waals surface area (Å²) in [7, 11) is 0. The van der Waals surface area contributed by atoms with E-state index in [0.717, 1.165) is 12.5 Å². The molecule has 1 fully saturated rings. The molecule has 1 heterocycles. The van der Waals surface area contributed by atoms with Crippen LogP contribution < -0.4 is 5.32 Å². The minimum Gasteiger partial charge on any atom is -0.310 e. The number of hydrogen-bond donors (Lipinski definition) is 1. The van der Waals surface area contributed by atoms with Crippen molar-refractivity contribution in [1.29, 1.82) is 0 Å². The van der Waals surface area contributed by atoms with Crippen molar-refractivity contribution < 1.29 is 0 Å². The van der Waals surface area contributed by atoms with E-state index in [1.807, 2.05) is 23.3 Å². The van der Waals surface area contributed by atoms with Crippen LogP contribution >= 0.6 is 0 Å². The Morgan fingerprint density at radius 1 is 1.19 bits per heavy atom. The highest BCUT2D eigenvalue weighted by molar-refractivity contribution is 5.34. The summed E-state index contributed by atoms with van der Waals surface area (Å²) >= 11 is 0. The maximum atomic E-state index is 4.09. The van der Waals surface area contributed by atoms with E-state index in [-0.39, 0.29) is 0 Å². The van der Waals surface area contributed by atoms with Gasteiger partial charge in [-0.2, -0.15) is 0 Å². The van der Waals surface area contributed by atoms with E-state index in [1.165, 1.54) is 43.4 Å². The molecule has 2 unspecified atom stereocenters. The van der Waals surface area contributed by atoms with E-state index in [4.69, 9.17) is 0 Å². The fourth-order valence-electron chi connectivity index (χ4n) is 3.41. The van der Waals surface area contributed by atoms with E-state index in [9.17, 15) is 0 Å². The quantitative estimate of drug-likeness (QED) is 0.901. The summed E-state index contributed by atoms with van der Waals surface area (Å²) in [6, 6.07) is 9.46. The number of imidazole rings is 1. The van der Waals surface area contributed by atoms with Crippen molar-refractivity contribution in [1.82, 2.24) is 14.9 Å². The van der Waals surface area contributed by atoms with Crippen molar-refractivity contribution >= 4 is 0 Å². The van der Waals surface area contributed by atoms with Gasteiger partial charge in [0.2, 0.25) is 0 Å². The molecule has 0 radical (unpaired) electrons. The van der Waals surface area contributed by atoms with Crippen LogP contribution in [-0.4, -0.2) is 15.6 Å². The fourth-order valence-corrected chi connectivity index (χ4v) is 3.41. The maximum Gasteiger partial charge on any atom is 0.0991 e. The molecule has 0 amide bonds. The topological polar surface area (TPSA) is 29.9 Å². The lowest BCUT2D eigenvalue weighted by Gasteiger charge is -2.31. The molecule has 3 rings (SSSR count). The van der Waals surface area contributed by atoms with Crippen LogP contribution in [0.15, 0.2) is 43.0 Å². The minimum absolute atomic E-state index is 0.706. The third-order valence-corrected chi connectivity index (χ3v) is 4.74. The molecule has 3 heteroatoms. The fraction of sp³-hybridized carbons (Fsp3) is 0.500. The Morgan fingerprint density at radius 2 is 2.00 bits per heavy atom. The predicted octanol–water partition coefficient (Wildman–Crippen LogP) is 3.93. The Labute approximate surface area is 127 Å². The second-order valence-corrected chi connectivity index (χ2v) is 6.08. The van der Waals surface area contributed by atoms with E-state index in [1.54, 1.807) is 0 Å². The summed E-state index contributed by atoms with van der Waals surface area (Å²) in [6.07, 6.45) is 12.5. The van der Waals surface area contributed by atoms with Crippen molar-refractivity contribution in [2.45, 2.75) is 51.6 Å². The molecule has 1 aromatic carbocycles. The second kappa shape index (κ2) is 6.90. The first-order chi connectivity index (χ1) is 10.4. The lowest BCUT2D eigenvalue weighted by Crippen LogP contribution is -2.37. The van der Waals surface area contributed by atoms with Crippen molar-refractivity contribution in [3.05, 3.63) is 48.5 Å². The van der Waals surface area contributed by atoms with Crippen LogP contribution in [0.1, 0.15) is 44.6 Å². The zero-order valence-corrected chi connectivity index (χ0v) is 12.8. The molecule has 2 aromatic rings. The standard InChI is InChI=1S/C18H25N3/c1-2-16-5-3-4-6-18(16)20-13-15-7-9-17(10-8-15)21-12-11-19-14-21/h7-12,14,16,18,20H,2-6,13H2,1H3. The summed E-state index contributed by atoms with van der Waals surface area (Å²) in [5, 5.41) is 3.77. The van der Waals surface area contributed by atoms with E-state index in [0.29, 0.717) is 6.04 Å². The van der Waals surface area contributed by atoms with Gasteiger partial charge in [0.15, 0.2) is 0 Å². The number of benzene rings is 1. The zero-order valence-electron chi connectivity index (χ0n) is 12.8. The van der Waals surface area contributed by atoms with E-state index < -0.39 is 0 Å². The molecule has 1 aliphatic carbocycles. The van der Waals surface area contributed by atoms with Crippen LogP contribution in [0.2, 0.25) is 0 Å². The Kier molecular flexibility index (Phi) is 4.71. The normalized spacial score (nSPS) is 22.3. The highest BCUT2D eigenvalue weighted by Gasteiger charge is 2.22. The molecule has 1 aliphatic rings. The van der Waals surface area contributed by atoms with Gasteiger partial charge >= 0.3 is 0 Å². The summed E-state index contributed by atoms with van der Waals surface area (Å²) in [5.41, 5.74) is 2.53. The van der Waals surface area contributed by atoms with Gasteiger partial charge in [0, 0.05) is 30.7 Å². The molecule has 0 saturated heterocycles. The summed E-state index contributed by atoms with van der Waals surface area (Å²) < 4.78 is 2.03. The molecule has 0 aliphatic heterocycles. The van der Waals surface area contributed by atoms with Crippen LogP contribution in [0.5, 0.6) is 0 Å². The monoisotopic (exact) mass is 283 g/mol. The van der Waals surface area contributed by atoms with Gasteiger partial charge in [0.25, 0.3) is 0 Å². The first kappa shape index (κ1) is 14.3. The average molecular weight is 283 g/mol. The lowest BCUT2D eigenvalue weighted by molar-refractivity contribution is 0.254. The zero-order chi connectivity index (χ0) is 14.5. The van der Waals surface area contributed by atoms with Crippen LogP contribution in [0.3, 0.4) is 0 Å². The molecule has 112 valence electrons. The lowest BCUT2D eigenvalue weighted by atomic mass is 9.83. The summed E-state index contributed by atoms with van der Waals surface area (Å²) in [4.78, 5) is 4.09. The van der Waals surface area contributed by atoms with E-state index >= 15 is 0 Å². The highest BCUT2D eigenvalue weighted by Crippen LogP contribution is 2.27. The molecule has 21 heavy (non-hydrogen) atoms. The maximum absolute atomic E-state index is 4.09. The Morgan fingerprint density at radius 3 is 2.71 bits per heavy atom. The smallest absolute Gasteiger partial charge is 0.0991 e. The van der Waals surface area contributed by atoms with Gasteiger partial charge < -0.3 is 9.88 Å². The number of aromatic nitrogens is 2. The Balaban J connectivity index is 1.58. The third-order valence-electron chi connectivity index (χ3n) is 4.74. The number of rotatable bonds is 5. The highest BCUT2D eigenvalue weighted by atomic mass is 15.0. The Bertz CT molecular complexity index is 530. The molecule has 1 N–H and O–H groups in total. The van der Waals surface area contributed by atoms with Gasteiger partial charge in [-0.1, -0.05) is 38.3 Å². The third kappa shape index (κ3) is 3.53. The predicted molar refractivity (Wildman–Crippen MR) is 86.4 cm³/mol. The molecular weight excluding hydrogens is 258 g/mol. The molecule has 2 atom stereocenters. The van der Waals surface area contributed by atoms with Gasteiger partial charge in [0.05, 0.1) is 6.33 Å². The summed E-state index contributed by atoms with van der Waals surface area (Å²) in [6.45, 7) is 3.30. The van der Waals surface area contributed by atoms with Crippen LogP contribution in [0.25, 0.3) is 5.69 Å². The Hall–Kier alpha value is -1.61. The SMILES string of the molecule is CCC1CCCCC1NCc1ccc(-n2ccnc2)cc1. The molecule has 1 aromatic heterocycles. The van der Waals surface area contributed by atoms with Crippen molar-refractivity contribution in [2.24, 2.45) is 5.92 Å². The summed E-state index contributed by atoms with van der Waals surface area (Å²) in [5.74, 6) is 0.865. The second-order valence-electron chi connectivity index (χ2n) is 6.08. The van der Waals surface area contributed by atoms with Crippen molar-refractivity contribution in [3.8, 4) is 5.69 Å². The molecule has 3 nitrogen and oxygen atoms in total. The van der Waals surface area contributed by atoms with Gasteiger partial charge in [-0.05, 0) is 36.5 Å². The number of hydrogen-bond acceptors (Lipinski definition) is 2. The first-order valence-electron chi connectivity index (χ1n) is 8.17. The average Bonchev–Trinajstić information content (AvgIpc) is 3.08. The van der Waals surface area contributed by atoms with Gasteiger partial charge in [-0.25, -0.2) is 4.98 Å². The van der Waals surface area contributed by atoms with Crippen molar-refractivity contribution in [3.63, 3.8) is 0 Å². The number of nitrogens with zero attached hydrogens (tertiary/aromatic N) is 2.